The highest BCUT2D eigenvalue weighted by molar-refractivity contribution is 6.99. The van der Waals surface area contributed by atoms with Crippen molar-refractivity contribution in [1.82, 2.24) is 0 Å². The van der Waals surface area contributed by atoms with Gasteiger partial charge in [-0.2, -0.15) is 8.78 Å². The third kappa shape index (κ3) is 5.00. The van der Waals surface area contributed by atoms with Crippen LogP contribution >= 0.6 is 0 Å². The van der Waals surface area contributed by atoms with Crippen LogP contribution in [-0.2, 0) is 13.9 Å². The molecule has 1 N–H and O–H groups in total. The second-order valence-electron chi connectivity index (χ2n) is 9.44. The molecule has 8 heteroatoms. The van der Waals surface area contributed by atoms with Gasteiger partial charge in [0.2, 0.25) is 0 Å². The Morgan fingerprint density at radius 3 is 2.03 bits per heavy atom. The van der Waals surface area contributed by atoms with Crippen LogP contribution < -0.4 is 10.4 Å². The van der Waals surface area contributed by atoms with Gasteiger partial charge in [-0.15, -0.1) is 0 Å². The van der Waals surface area contributed by atoms with Gasteiger partial charge in [-0.25, -0.2) is 0 Å². The van der Waals surface area contributed by atoms with Crippen LogP contribution in [0, 0.1) is 0 Å². The van der Waals surface area contributed by atoms with Crippen molar-refractivity contribution in [2.45, 2.75) is 56.0 Å². The van der Waals surface area contributed by atoms with Crippen LogP contribution in [0.15, 0.2) is 72.8 Å². The van der Waals surface area contributed by atoms with E-state index in [9.17, 15) is 13.9 Å². The number of hydrogen-bond acceptors (Lipinski definition) is 4. The number of hydrogen-bond donors (Lipinski definition) is 1. The lowest BCUT2D eigenvalue weighted by molar-refractivity contribution is -0.107. The molecule has 0 unspecified atom stereocenters. The van der Waals surface area contributed by atoms with Crippen LogP contribution in [0.3, 0.4) is 0 Å². The molecular formula is C25H31BF2O4Si. The first-order valence-electron chi connectivity index (χ1n) is 11.0. The summed E-state index contributed by atoms with van der Waals surface area (Å²) in [6.07, 6.45) is -3.38. The normalized spacial score (nSPS) is 25.7. The maximum Gasteiger partial charge on any atom is 0.266 e. The summed E-state index contributed by atoms with van der Waals surface area (Å²) in [6, 6.07) is 18.9. The van der Waals surface area contributed by atoms with E-state index in [0.29, 0.717) is 0 Å². The van der Waals surface area contributed by atoms with Gasteiger partial charge < -0.3 is 19.0 Å². The molecule has 2 aromatic rings. The van der Waals surface area contributed by atoms with Crippen LogP contribution in [0.25, 0.3) is 0 Å². The summed E-state index contributed by atoms with van der Waals surface area (Å²) in [7, 11) is 4.40. The maximum atomic E-state index is 13.1. The van der Waals surface area contributed by atoms with Gasteiger partial charge in [0.1, 0.15) is 25.7 Å². The molecule has 0 saturated carbocycles. The Morgan fingerprint density at radius 2 is 1.61 bits per heavy atom. The largest absolute Gasteiger partial charge is 0.404 e. The van der Waals surface area contributed by atoms with Gasteiger partial charge in [0.15, 0.2) is 0 Å². The number of ether oxygens (including phenoxy) is 2. The van der Waals surface area contributed by atoms with Gasteiger partial charge in [-0.05, 0) is 21.5 Å². The summed E-state index contributed by atoms with van der Waals surface area (Å²) < 4.78 is 44.6. The molecule has 0 amide bonds. The minimum Gasteiger partial charge on any atom is -0.404 e. The van der Waals surface area contributed by atoms with E-state index in [1.54, 1.807) is 0 Å². The van der Waals surface area contributed by atoms with Crippen molar-refractivity contribution in [2.24, 2.45) is 0 Å². The van der Waals surface area contributed by atoms with Crippen molar-refractivity contribution >= 4 is 26.5 Å². The molecule has 0 spiro atoms. The van der Waals surface area contributed by atoms with Crippen molar-refractivity contribution in [2.75, 3.05) is 13.7 Å². The molecular weight excluding hydrogens is 441 g/mol. The van der Waals surface area contributed by atoms with Gasteiger partial charge in [-0.3, -0.25) is 0 Å². The Bertz CT molecular complexity index is 895. The van der Waals surface area contributed by atoms with Crippen molar-refractivity contribution < 1.29 is 27.8 Å². The second-order valence-corrected chi connectivity index (χ2v) is 13.7. The summed E-state index contributed by atoms with van der Waals surface area (Å²) >= 11 is 0. The topological polar surface area (TPSA) is 47.9 Å². The van der Waals surface area contributed by atoms with Crippen LogP contribution in [-0.4, -0.2) is 58.8 Å². The zero-order valence-electron chi connectivity index (χ0n) is 19.5. The molecule has 2 aromatic carbocycles. The van der Waals surface area contributed by atoms with E-state index in [1.807, 2.05) is 60.7 Å². The van der Waals surface area contributed by atoms with Crippen LogP contribution in [0.1, 0.15) is 27.2 Å². The van der Waals surface area contributed by atoms with E-state index in [0.717, 1.165) is 16.4 Å². The third-order valence-corrected chi connectivity index (χ3v) is 11.3. The molecule has 4 atom stereocenters. The Morgan fingerprint density at radius 1 is 1.09 bits per heavy atom. The zero-order chi connectivity index (χ0) is 24.3. The number of rotatable bonds is 8. The third-order valence-electron chi connectivity index (χ3n) is 6.34. The summed E-state index contributed by atoms with van der Waals surface area (Å²) in [5, 5.41) is 12.3. The highest BCUT2D eigenvalue weighted by Crippen LogP contribution is 2.41. The first-order chi connectivity index (χ1) is 15.6. The van der Waals surface area contributed by atoms with E-state index >= 15 is 0 Å². The second kappa shape index (κ2) is 10.2. The molecule has 0 aliphatic carbocycles. The number of aliphatic hydroxyl groups excluding tert-OH is 1. The number of methoxy groups -OCH3 is 1. The molecule has 1 fully saturated rings. The molecule has 1 aliphatic rings. The highest BCUT2D eigenvalue weighted by Gasteiger charge is 2.57. The van der Waals surface area contributed by atoms with Crippen molar-refractivity contribution in [3.63, 3.8) is 0 Å². The highest BCUT2D eigenvalue weighted by atomic mass is 28.4. The van der Waals surface area contributed by atoms with Gasteiger partial charge in [0, 0.05) is 19.5 Å². The van der Waals surface area contributed by atoms with E-state index in [1.165, 1.54) is 7.11 Å². The van der Waals surface area contributed by atoms with Crippen LogP contribution in [0.5, 0.6) is 0 Å². The summed E-state index contributed by atoms with van der Waals surface area (Å²) in [6.45, 7) is 6.29. The number of halogens is 2. The number of aliphatic hydroxyl groups is 1. The van der Waals surface area contributed by atoms with E-state index in [4.69, 9.17) is 21.7 Å². The van der Waals surface area contributed by atoms with Crippen LogP contribution in [0.2, 0.25) is 5.04 Å². The van der Waals surface area contributed by atoms with Crippen molar-refractivity contribution in [1.29, 1.82) is 0 Å². The van der Waals surface area contributed by atoms with E-state index < -0.39 is 38.2 Å². The first-order valence-corrected chi connectivity index (χ1v) is 12.9. The van der Waals surface area contributed by atoms with Crippen molar-refractivity contribution in [3.05, 3.63) is 72.8 Å². The van der Waals surface area contributed by atoms with Crippen molar-refractivity contribution in [3.8, 4) is 0 Å². The lowest BCUT2D eigenvalue weighted by Crippen LogP contribution is -2.68. The first kappa shape index (κ1) is 25.8. The van der Waals surface area contributed by atoms with E-state index in [2.05, 4.69) is 20.8 Å². The Hall–Kier alpha value is -1.84. The Balaban J connectivity index is 2.13. The minimum absolute atomic E-state index is 0.0761. The SMILES string of the molecule is [B][C@@H]1O[C@](CC=C(F)F)(CO[Si](c2ccccc2)(c2ccccc2)C(C)(C)C)[C@@H](OC)[C@H]1O. The Kier molecular flexibility index (Phi) is 7.96. The maximum absolute atomic E-state index is 13.1. The number of benzene rings is 2. The fraction of sp³-hybridized carbons (Fsp3) is 0.440. The standard InChI is InChI=1S/C25H31BF2O4Si/c1-24(2,3)33(18-11-7-5-8-12-18,19-13-9-6-10-14-19)31-17-25(16-15-20(27)28)22(30-4)21(29)23(26)32-25/h5-15,21-23,29H,16-17H2,1-4H3/t21-,22+,23-,25-/m1/s1. The lowest BCUT2D eigenvalue weighted by atomic mass is 9.88. The summed E-state index contributed by atoms with van der Waals surface area (Å²) in [4.78, 5) is 0. The zero-order valence-corrected chi connectivity index (χ0v) is 20.5. The molecule has 33 heavy (non-hydrogen) atoms. The molecule has 0 bridgehead atoms. The molecule has 1 saturated heterocycles. The van der Waals surface area contributed by atoms with Gasteiger partial charge in [-0.1, -0.05) is 81.4 Å². The van der Waals surface area contributed by atoms with E-state index in [-0.39, 0.29) is 18.1 Å². The molecule has 1 heterocycles. The molecule has 1 aliphatic heterocycles. The van der Waals surface area contributed by atoms with Crippen LogP contribution in [0.4, 0.5) is 8.78 Å². The molecule has 0 aromatic heterocycles. The average molecular weight is 472 g/mol. The monoisotopic (exact) mass is 472 g/mol. The molecule has 4 nitrogen and oxygen atoms in total. The van der Waals surface area contributed by atoms with Gasteiger partial charge >= 0.3 is 0 Å². The molecule has 176 valence electrons. The Labute approximate surface area is 197 Å². The average Bonchev–Trinajstić information content (AvgIpc) is 3.03. The predicted molar refractivity (Wildman–Crippen MR) is 129 cm³/mol. The fourth-order valence-electron chi connectivity index (χ4n) is 4.83. The smallest absolute Gasteiger partial charge is 0.266 e. The van der Waals surface area contributed by atoms with Gasteiger partial charge in [0.05, 0.1) is 6.61 Å². The summed E-state index contributed by atoms with van der Waals surface area (Å²) in [5.41, 5.74) is -1.37. The summed E-state index contributed by atoms with van der Waals surface area (Å²) in [5.74, 6) is 0. The lowest BCUT2D eigenvalue weighted by Gasteiger charge is -2.45. The predicted octanol–water partition coefficient (Wildman–Crippen LogP) is 3.37. The quantitative estimate of drug-likeness (QED) is 0.599. The molecule has 2 radical (unpaired) electrons. The minimum atomic E-state index is -2.97. The molecule has 3 rings (SSSR count). The fourth-order valence-corrected chi connectivity index (χ4v) is 9.44. The van der Waals surface area contributed by atoms with Gasteiger partial charge in [0.25, 0.3) is 14.4 Å².